The van der Waals surface area contributed by atoms with Crippen LogP contribution in [0.15, 0.2) is 35.3 Å². The van der Waals surface area contributed by atoms with Gasteiger partial charge < -0.3 is 15.5 Å². The lowest BCUT2D eigenvalue weighted by Crippen LogP contribution is -2.31. The molecule has 0 saturated heterocycles. The van der Waals surface area contributed by atoms with E-state index in [9.17, 15) is 27.9 Å². The van der Waals surface area contributed by atoms with E-state index in [0.717, 1.165) is 6.33 Å². The minimum absolute atomic E-state index is 0.0370. The van der Waals surface area contributed by atoms with Crippen molar-refractivity contribution in [2.75, 3.05) is 12.3 Å². The van der Waals surface area contributed by atoms with Crippen molar-refractivity contribution in [2.45, 2.75) is 29.8 Å². The van der Waals surface area contributed by atoms with E-state index in [-0.39, 0.29) is 41.4 Å². The van der Waals surface area contributed by atoms with Gasteiger partial charge >= 0.3 is 12.1 Å². The number of carboxylic acids is 1. The first-order valence-corrected chi connectivity index (χ1v) is 10.3. The molecule has 2 aromatic rings. The van der Waals surface area contributed by atoms with Gasteiger partial charge in [-0.05, 0) is 12.5 Å². The number of alkyl halides is 3. The van der Waals surface area contributed by atoms with Crippen LogP contribution in [0.2, 0.25) is 0 Å². The van der Waals surface area contributed by atoms with Gasteiger partial charge in [-0.3, -0.25) is 19.7 Å². The molecule has 32 heavy (non-hydrogen) atoms. The Morgan fingerprint density at radius 2 is 2.06 bits per heavy atom. The van der Waals surface area contributed by atoms with E-state index in [4.69, 9.17) is 5.11 Å². The lowest BCUT2D eigenvalue weighted by molar-refractivity contribution is -0.150. The van der Waals surface area contributed by atoms with E-state index in [1.807, 2.05) is 0 Å². The molecule has 4 N–H and O–H groups in total. The summed E-state index contributed by atoms with van der Waals surface area (Å²) in [6, 6.07) is 1.59. The number of aromatic nitrogens is 4. The minimum atomic E-state index is -4.41. The summed E-state index contributed by atoms with van der Waals surface area (Å²) in [7, 11) is 0. The number of halogens is 3. The van der Waals surface area contributed by atoms with Gasteiger partial charge in [0.1, 0.15) is 30.1 Å². The quantitative estimate of drug-likeness (QED) is 0.263. The number of carbonyl (C=O) groups excluding carboxylic acids is 1. The van der Waals surface area contributed by atoms with Crippen LogP contribution in [0.5, 0.6) is 0 Å². The molecule has 0 bridgehead atoms. The fourth-order valence-electron chi connectivity index (χ4n) is 3.09. The largest absolute Gasteiger partial charge is 0.511 e. The van der Waals surface area contributed by atoms with Crippen molar-refractivity contribution in [1.29, 1.82) is 0 Å². The fraction of sp³-hybridized carbons (Fsp3) is 0.316. The topological polar surface area (TPSA) is 141 Å². The zero-order valence-corrected chi connectivity index (χ0v) is 17.2. The summed E-state index contributed by atoms with van der Waals surface area (Å²) in [5.74, 6) is -4.00. The Bertz CT molecular complexity index is 1050. The van der Waals surface area contributed by atoms with Crippen molar-refractivity contribution in [3.63, 3.8) is 0 Å². The summed E-state index contributed by atoms with van der Waals surface area (Å²) in [6.45, 7) is -0.658. The van der Waals surface area contributed by atoms with Crippen molar-refractivity contribution in [3.05, 3.63) is 47.5 Å². The molecule has 3 rings (SSSR count). The highest BCUT2D eigenvalue weighted by Crippen LogP contribution is 2.43. The highest BCUT2D eigenvalue weighted by atomic mass is 32.2. The first-order valence-electron chi connectivity index (χ1n) is 9.31. The summed E-state index contributed by atoms with van der Waals surface area (Å²) >= 11 is 1.20. The summed E-state index contributed by atoms with van der Waals surface area (Å²) in [4.78, 5) is 31.3. The van der Waals surface area contributed by atoms with E-state index in [0.29, 0.717) is 10.5 Å². The number of carbonyl (C=O) groups is 2. The van der Waals surface area contributed by atoms with Crippen LogP contribution in [0, 0.1) is 0 Å². The molecule has 1 aliphatic rings. The Hall–Kier alpha value is -3.35. The number of hydrogen-bond donors (Lipinski definition) is 4. The summed E-state index contributed by atoms with van der Waals surface area (Å²) < 4.78 is 39.9. The molecular weight excluding hydrogens is 451 g/mol. The van der Waals surface area contributed by atoms with Gasteiger partial charge in [-0.25, -0.2) is 4.98 Å². The number of fused-ring (bicyclic) bond motifs is 1. The molecule has 0 aromatic carbocycles. The van der Waals surface area contributed by atoms with Crippen LogP contribution in [0.3, 0.4) is 0 Å². The Kier molecular flexibility index (Phi) is 7.18. The van der Waals surface area contributed by atoms with E-state index >= 15 is 0 Å². The van der Waals surface area contributed by atoms with Crippen molar-refractivity contribution >= 4 is 35.3 Å². The molecular formula is C19H18F3N5O4S. The molecule has 13 heteroatoms. The van der Waals surface area contributed by atoms with Gasteiger partial charge in [0.15, 0.2) is 5.82 Å². The highest BCUT2D eigenvalue weighted by molar-refractivity contribution is 7.99. The number of pyridine rings is 1. The molecule has 1 amide bonds. The minimum Gasteiger partial charge on any atom is -0.511 e. The van der Waals surface area contributed by atoms with E-state index in [1.54, 1.807) is 12.1 Å². The number of aliphatic hydroxyl groups is 1. The number of thioether (sulfide) groups is 1. The van der Waals surface area contributed by atoms with Crippen molar-refractivity contribution in [3.8, 4) is 0 Å². The summed E-state index contributed by atoms with van der Waals surface area (Å²) in [5, 5.41) is 27.4. The molecule has 0 saturated carbocycles. The van der Waals surface area contributed by atoms with Gasteiger partial charge in [-0.1, -0.05) is 12.2 Å². The molecule has 0 fully saturated rings. The van der Waals surface area contributed by atoms with Crippen LogP contribution in [0.1, 0.15) is 35.8 Å². The number of carboxylic acid groups (broad SMARTS) is 1. The number of aliphatic hydroxyl groups excluding tert-OH is 1. The first kappa shape index (κ1) is 23.3. The summed E-state index contributed by atoms with van der Waals surface area (Å²) in [6.07, 6.45) is 0.868. The van der Waals surface area contributed by atoms with Crippen LogP contribution in [0.25, 0.3) is 11.6 Å². The second-order valence-corrected chi connectivity index (χ2v) is 7.81. The molecule has 0 aliphatic heterocycles. The van der Waals surface area contributed by atoms with E-state index in [1.165, 1.54) is 24.0 Å². The third-order valence-corrected chi connectivity index (χ3v) is 5.60. The fourth-order valence-corrected chi connectivity index (χ4v) is 4.09. The standard InChI is InChI=1S/C19H18F3N5O4S/c20-19(21,22)11-3-1-2-10-13(4-6-23-16(10)11)32-7-5-12(28)15(17-25-9-26-27-17)18(31)24-8-14(29)30/h1-2,4,6,9,11,28H,3,5,7-8H2,(H,24,31)(H,29,30)(H,25,26,27)/b15-12-. The Morgan fingerprint density at radius 3 is 2.72 bits per heavy atom. The molecule has 1 aliphatic carbocycles. The molecule has 1 atom stereocenters. The molecule has 9 nitrogen and oxygen atoms in total. The number of aliphatic carboxylic acids is 1. The van der Waals surface area contributed by atoms with Crippen LogP contribution < -0.4 is 5.32 Å². The van der Waals surface area contributed by atoms with Gasteiger partial charge in [-0.15, -0.1) is 11.8 Å². The van der Waals surface area contributed by atoms with Crippen molar-refractivity contribution in [2.24, 2.45) is 0 Å². The number of aromatic amines is 1. The molecule has 170 valence electrons. The normalized spacial score (nSPS) is 16.3. The third-order valence-electron chi connectivity index (χ3n) is 4.53. The highest BCUT2D eigenvalue weighted by Gasteiger charge is 2.43. The van der Waals surface area contributed by atoms with E-state index in [2.05, 4.69) is 25.5 Å². The van der Waals surface area contributed by atoms with Gasteiger partial charge in [0.25, 0.3) is 5.91 Å². The zero-order chi connectivity index (χ0) is 23.3. The maximum absolute atomic E-state index is 13.3. The molecule has 0 spiro atoms. The second-order valence-electron chi connectivity index (χ2n) is 6.67. The predicted molar refractivity (Wildman–Crippen MR) is 109 cm³/mol. The van der Waals surface area contributed by atoms with Gasteiger partial charge in [0, 0.05) is 28.8 Å². The average Bonchev–Trinajstić information content (AvgIpc) is 3.25. The SMILES string of the molecule is O=C(O)CNC(=O)/C(=C(\O)CCSc1ccnc2c1C=CCC2C(F)(F)F)c1ncn[nH]1. The van der Waals surface area contributed by atoms with Gasteiger partial charge in [0.05, 0.1) is 5.69 Å². The number of amides is 1. The van der Waals surface area contributed by atoms with Crippen molar-refractivity contribution < 1.29 is 33.0 Å². The van der Waals surface area contributed by atoms with E-state index < -0.39 is 30.5 Å². The smallest absolute Gasteiger partial charge is 0.397 e. The van der Waals surface area contributed by atoms with Crippen LogP contribution in [-0.2, 0) is 9.59 Å². The zero-order valence-electron chi connectivity index (χ0n) is 16.4. The Morgan fingerprint density at radius 1 is 1.28 bits per heavy atom. The number of H-pyrrole nitrogens is 1. The van der Waals surface area contributed by atoms with Crippen LogP contribution >= 0.6 is 11.8 Å². The third kappa shape index (κ3) is 5.46. The second kappa shape index (κ2) is 9.85. The Balaban J connectivity index is 1.76. The van der Waals surface area contributed by atoms with Gasteiger partial charge in [0.2, 0.25) is 0 Å². The molecule has 2 heterocycles. The van der Waals surface area contributed by atoms with Crippen LogP contribution in [-0.4, -0.2) is 60.7 Å². The number of rotatable bonds is 8. The number of hydrogen-bond acceptors (Lipinski definition) is 7. The number of allylic oxidation sites excluding steroid dienone is 2. The number of nitrogens with one attached hydrogen (secondary N) is 2. The molecule has 2 aromatic heterocycles. The number of nitrogens with zero attached hydrogens (tertiary/aromatic N) is 3. The summed E-state index contributed by atoms with van der Waals surface area (Å²) in [5.41, 5.74) is 0.0718. The van der Waals surface area contributed by atoms with Gasteiger partial charge in [-0.2, -0.15) is 18.3 Å². The first-order chi connectivity index (χ1) is 15.2. The lowest BCUT2D eigenvalue weighted by atomic mass is 9.91. The molecule has 0 radical (unpaired) electrons. The average molecular weight is 469 g/mol. The molecule has 1 unspecified atom stereocenters. The maximum Gasteiger partial charge on any atom is 0.397 e. The monoisotopic (exact) mass is 469 g/mol. The van der Waals surface area contributed by atoms with Crippen molar-refractivity contribution in [1.82, 2.24) is 25.5 Å². The Labute approximate surface area is 183 Å². The lowest BCUT2D eigenvalue weighted by Gasteiger charge is -2.24. The maximum atomic E-state index is 13.3. The van der Waals surface area contributed by atoms with Crippen LogP contribution in [0.4, 0.5) is 13.2 Å². The predicted octanol–water partition coefficient (Wildman–Crippen LogP) is 2.91.